The highest BCUT2D eigenvalue weighted by Crippen LogP contribution is 2.39. The van der Waals surface area contributed by atoms with Gasteiger partial charge in [0, 0.05) is 28.5 Å². The van der Waals surface area contributed by atoms with E-state index in [1.807, 2.05) is 55.2 Å². The van der Waals surface area contributed by atoms with Gasteiger partial charge in [-0.05, 0) is 43.7 Å². The minimum atomic E-state index is -0.935. The van der Waals surface area contributed by atoms with Gasteiger partial charge >= 0.3 is 5.97 Å². The number of nitrogens with zero attached hydrogens (tertiary/aromatic N) is 2. The van der Waals surface area contributed by atoms with E-state index in [0.717, 1.165) is 16.9 Å². The molecule has 1 atom stereocenters. The van der Waals surface area contributed by atoms with Crippen molar-refractivity contribution in [3.8, 4) is 0 Å². The Morgan fingerprint density at radius 1 is 1.25 bits per heavy atom. The van der Waals surface area contributed by atoms with Gasteiger partial charge in [0.2, 0.25) is 0 Å². The van der Waals surface area contributed by atoms with Crippen LogP contribution in [0.5, 0.6) is 0 Å². The second-order valence-electron chi connectivity index (χ2n) is 5.69. The molecule has 0 spiro atoms. The van der Waals surface area contributed by atoms with Crippen LogP contribution >= 0.6 is 11.6 Å². The van der Waals surface area contributed by atoms with Gasteiger partial charge in [-0.2, -0.15) is 0 Å². The van der Waals surface area contributed by atoms with Crippen molar-refractivity contribution in [1.29, 1.82) is 0 Å². The van der Waals surface area contributed by atoms with Crippen LogP contribution in [0, 0.1) is 0 Å². The van der Waals surface area contributed by atoms with Crippen molar-refractivity contribution in [2.24, 2.45) is 0 Å². The van der Waals surface area contributed by atoms with Gasteiger partial charge in [0.05, 0.1) is 17.5 Å². The minimum Gasteiger partial charge on any atom is -0.478 e. The average Bonchev–Trinajstić information content (AvgIpc) is 2.55. The lowest BCUT2D eigenvalue weighted by atomic mass is 9.86. The summed E-state index contributed by atoms with van der Waals surface area (Å²) >= 11 is 6.09. The number of pyridine rings is 1. The fourth-order valence-electron chi connectivity index (χ4n) is 3.14. The van der Waals surface area contributed by atoms with Crippen molar-refractivity contribution in [2.75, 3.05) is 4.90 Å². The number of hydrogen-bond donors (Lipinski definition) is 1. The maximum Gasteiger partial charge on any atom is 0.334 e. The third kappa shape index (κ3) is 2.93. The minimum absolute atomic E-state index is 0.339. The van der Waals surface area contributed by atoms with Crippen molar-refractivity contribution >= 4 is 23.3 Å². The van der Waals surface area contributed by atoms with E-state index in [-0.39, 0.29) is 5.92 Å². The summed E-state index contributed by atoms with van der Waals surface area (Å²) in [6.07, 6.45) is 5.37. The number of rotatable bonds is 3. The Morgan fingerprint density at radius 3 is 2.67 bits per heavy atom. The van der Waals surface area contributed by atoms with Gasteiger partial charge in [-0.15, -0.1) is 0 Å². The van der Waals surface area contributed by atoms with Crippen LogP contribution < -0.4 is 4.90 Å². The number of benzene rings is 1. The van der Waals surface area contributed by atoms with E-state index in [1.54, 1.807) is 18.5 Å². The summed E-state index contributed by atoms with van der Waals surface area (Å²) in [6, 6.07) is 11.1. The van der Waals surface area contributed by atoms with Crippen LogP contribution in [0.4, 0.5) is 5.69 Å². The van der Waals surface area contributed by atoms with Gasteiger partial charge < -0.3 is 10.0 Å². The lowest BCUT2D eigenvalue weighted by Gasteiger charge is -2.34. The van der Waals surface area contributed by atoms with E-state index in [9.17, 15) is 9.90 Å². The highest BCUT2D eigenvalue weighted by atomic mass is 35.5. The molecule has 122 valence electrons. The normalized spacial score (nSPS) is 17.7. The van der Waals surface area contributed by atoms with Crippen LogP contribution in [0.2, 0.25) is 5.02 Å². The van der Waals surface area contributed by atoms with Crippen molar-refractivity contribution in [3.05, 3.63) is 82.4 Å². The van der Waals surface area contributed by atoms with E-state index in [4.69, 9.17) is 11.6 Å². The molecule has 4 nitrogen and oxygen atoms in total. The Morgan fingerprint density at radius 2 is 2.04 bits per heavy atom. The topological polar surface area (TPSA) is 53.4 Å². The number of carboxylic acids is 1. The monoisotopic (exact) mass is 340 g/mol. The molecular weight excluding hydrogens is 324 g/mol. The summed E-state index contributed by atoms with van der Waals surface area (Å²) < 4.78 is 0. The maximum absolute atomic E-state index is 12.0. The van der Waals surface area contributed by atoms with Gasteiger partial charge in [0.15, 0.2) is 0 Å². The molecule has 1 aromatic heterocycles. The number of aromatic nitrogens is 1. The van der Waals surface area contributed by atoms with E-state index in [0.29, 0.717) is 16.3 Å². The van der Waals surface area contributed by atoms with Crippen LogP contribution in [0.25, 0.3) is 0 Å². The van der Waals surface area contributed by atoms with Gasteiger partial charge in [0.1, 0.15) is 0 Å². The Bertz CT molecular complexity index is 843. The third-order valence-electron chi connectivity index (χ3n) is 4.14. The van der Waals surface area contributed by atoms with Crippen LogP contribution in [-0.2, 0) is 4.79 Å². The number of carboxylic acid groups (broad SMARTS) is 1. The standard InChI is InChI=1S/C19H17ClN2O2/c1-12-9-17(14-5-3-6-15(20)10-14)18(19(23)24)13(2)22(12)16-7-4-8-21-11-16/h3-11,17H,1-2H3,(H,23,24). The molecule has 1 aliphatic rings. The summed E-state index contributed by atoms with van der Waals surface area (Å²) in [5.74, 6) is -1.27. The molecule has 0 fully saturated rings. The Balaban J connectivity index is 2.14. The zero-order valence-electron chi connectivity index (χ0n) is 13.4. The molecule has 1 N–H and O–H groups in total. The molecule has 0 saturated carbocycles. The fraction of sp³-hybridized carbons (Fsp3) is 0.158. The molecule has 3 rings (SSSR count). The maximum atomic E-state index is 12.0. The highest BCUT2D eigenvalue weighted by Gasteiger charge is 2.31. The smallest absolute Gasteiger partial charge is 0.334 e. The number of aliphatic carboxylic acids is 1. The van der Waals surface area contributed by atoms with E-state index in [1.165, 1.54) is 0 Å². The summed E-state index contributed by atoms with van der Waals surface area (Å²) in [5.41, 5.74) is 3.68. The van der Waals surface area contributed by atoms with E-state index in [2.05, 4.69) is 4.98 Å². The molecule has 5 heteroatoms. The predicted molar refractivity (Wildman–Crippen MR) is 95.0 cm³/mol. The first kappa shape index (κ1) is 16.3. The molecule has 1 unspecified atom stereocenters. The first-order chi connectivity index (χ1) is 11.5. The predicted octanol–water partition coefficient (Wildman–Crippen LogP) is 4.60. The number of anilines is 1. The Hall–Kier alpha value is -2.59. The molecule has 24 heavy (non-hydrogen) atoms. The quantitative estimate of drug-likeness (QED) is 0.887. The molecule has 1 aromatic carbocycles. The van der Waals surface area contributed by atoms with Crippen LogP contribution in [0.15, 0.2) is 71.8 Å². The number of hydrogen-bond acceptors (Lipinski definition) is 3. The summed E-state index contributed by atoms with van der Waals surface area (Å²) in [7, 11) is 0. The van der Waals surface area contributed by atoms with Crippen molar-refractivity contribution in [3.63, 3.8) is 0 Å². The molecule has 0 aliphatic carbocycles. The van der Waals surface area contributed by atoms with E-state index < -0.39 is 5.97 Å². The molecule has 2 heterocycles. The Labute approximate surface area is 145 Å². The molecule has 1 aliphatic heterocycles. The largest absolute Gasteiger partial charge is 0.478 e. The fourth-order valence-corrected chi connectivity index (χ4v) is 3.34. The highest BCUT2D eigenvalue weighted by molar-refractivity contribution is 6.30. The SMILES string of the molecule is CC1=CC(c2cccc(Cl)c2)C(C(=O)O)=C(C)N1c1cccnc1. The van der Waals surface area contributed by atoms with Crippen LogP contribution in [-0.4, -0.2) is 16.1 Å². The van der Waals surface area contributed by atoms with Gasteiger partial charge in [-0.1, -0.05) is 29.8 Å². The first-order valence-electron chi connectivity index (χ1n) is 7.57. The van der Waals surface area contributed by atoms with Crippen LogP contribution in [0.3, 0.4) is 0 Å². The van der Waals surface area contributed by atoms with Gasteiger partial charge in [-0.3, -0.25) is 4.98 Å². The van der Waals surface area contributed by atoms with E-state index >= 15 is 0 Å². The van der Waals surface area contributed by atoms with Gasteiger partial charge in [-0.25, -0.2) is 4.79 Å². The third-order valence-corrected chi connectivity index (χ3v) is 4.37. The number of halogens is 1. The summed E-state index contributed by atoms with van der Waals surface area (Å²) in [4.78, 5) is 18.0. The van der Waals surface area contributed by atoms with Crippen molar-refractivity contribution < 1.29 is 9.90 Å². The molecule has 0 amide bonds. The second kappa shape index (κ2) is 6.49. The number of carbonyl (C=O) groups is 1. The molecule has 0 saturated heterocycles. The molecule has 0 bridgehead atoms. The Kier molecular flexibility index (Phi) is 4.40. The first-order valence-corrected chi connectivity index (χ1v) is 7.95. The summed E-state index contributed by atoms with van der Waals surface area (Å²) in [5, 5.41) is 10.4. The van der Waals surface area contributed by atoms with Gasteiger partial charge in [0.25, 0.3) is 0 Å². The molecule has 2 aromatic rings. The zero-order chi connectivity index (χ0) is 17.3. The van der Waals surface area contributed by atoms with Crippen molar-refractivity contribution in [1.82, 2.24) is 4.98 Å². The average molecular weight is 341 g/mol. The summed E-state index contributed by atoms with van der Waals surface area (Å²) in [6.45, 7) is 3.79. The lowest BCUT2D eigenvalue weighted by molar-refractivity contribution is -0.132. The molecular formula is C19H17ClN2O2. The second-order valence-corrected chi connectivity index (χ2v) is 6.13. The lowest BCUT2D eigenvalue weighted by Crippen LogP contribution is -2.29. The van der Waals surface area contributed by atoms with Crippen molar-refractivity contribution in [2.45, 2.75) is 19.8 Å². The number of allylic oxidation sites excluding steroid dienone is 3. The molecule has 0 radical (unpaired) electrons. The van der Waals surface area contributed by atoms with Crippen LogP contribution in [0.1, 0.15) is 25.3 Å². The zero-order valence-corrected chi connectivity index (χ0v) is 14.2.